The van der Waals surface area contributed by atoms with Crippen LogP contribution in [-0.2, 0) is 14.9 Å². The highest BCUT2D eigenvalue weighted by Gasteiger charge is 2.67. The summed E-state index contributed by atoms with van der Waals surface area (Å²) in [6.45, 7) is -0.0985. The molecule has 3 aromatic carbocycles. The van der Waals surface area contributed by atoms with E-state index < -0.39 is 11.4 Å². The van der Waals surface area contributed by atoms with E-state index in [9.17, 15) is 9.59 Å². The molecule has 1 amide bonds. The van der Waals surface area contributed by atoms with Gasteiger partial charge in [0.05, 0.1) is 16.7 Å². The van der Waals surface area contributed by atoms with Crippen LogP contribution in [0.15, 0.2) is 78.9 Å². The fourth-order valence-electron chi connectivity index (χ4n) is 4.36. The number of anilines is 1. The van der Waals surface area contributed by atoms with E-state index in [1.54, 1.807) is 29.2 Å². The number of esters is 1. The first-order valence-electron chi connectivity index (χ1n) is 9.50. The fraction of sp³-hybridized carbons (Fsp3) is 0.167. The Morgan fingerprint density at radius 2 is 1.69 bits per heavy atom. The van der Waals surface area contributed by atoms with Gasteiger partial charge in [0, 0.05) is 10.9 Å². The van der Waals surface area contributed by atoms with Crippen molar-refractivity contribution in [3.8, 4) is 0 Å². The van der Waals surface area contributed by atoms with Gasteiger partial charge in [0.15, 0.2) is 6.73 Å². The first kappa shape index (κ1) is 18.0. The van der Waals surface area contributed by atoms with Crippen molar-refractivity contribution in [2.24, 2.45) is 0 Å². The molecule has 0 saturated heterocycles. The maximum absolute atomic E-state index is 13.5. The molecule has 3 aromatic rings. The van der Waals surface area contributed by atoms with Crippen molar-refractivity contribution >= 4 is 29.2 Å². The molecule has 0 N–H and O–H groups in total. The van der Waals surface area contributed by atoms with Crippen molar-refractivity contribution in [3.05, 3.63) is 101 Å². The molecule has 1 aliphatic heterocycles. The molecule has 29 heavy (non-hydrogen) atoms. The molecule has 0 aromatic heterocycles. The van der Waals surface area contributed by atoms with Crippen LogP contribution in [0.1, 0.15) is 33.8 Å². The molecule has 0 bridgehead atoms. The number of amides is 1. The first-order chi connectivity index (χ1) is 14.1. The minimum Gasteiger partial charge on any atom is -0.440 e. The van der Waals surface area contributed by atoms with Crippen molar-refractivity contribution in [3.63, 3.8) is 0 Å². The number of para-hydroxylation sites is 1. The average molecular weight is 404 g/mol. The lowest BCUT2D eigenvalue weighted by Crippen LogP contribution is -2.35. The largest absolute Gasteiger partial charge is 0.440 e. The highest BCUT2D eigenvalue weighted by molar-refractivity contribution is 6.30. The van der Waals surface area contributed by atoms with Gasteiger partial charge in [-0.3, -0.25) is 9.69 Å². The Kier molecular flexibility index (Phi) is 4.18. The quantitative estimate of drug-likeness (QED) is 0.580. The molecule has 4 nitrogen and oxygen atoms in total. The summed E-state index contributed by atoms with van der Waals surface area (Å²) in [5.74, 6) is -0.357. The van der Waals surface area contributed by atoms with Gasteiger partial charge in [-0.25, -0.2) is 4.79 Å². The van der Waals surface area contributed by atoms with E-state index in [2.05, 4.69) is 0 Å². The monoisotopic (exact) mass is 403 g/mol. The molecule has 1 spiro atoms. The summed E-state index contributed by atoms with van der Waals surface area (Å²) < 4.78 is 5.47. The van der Waals surface area contributed by atoms with Crippen LogP contribution in [0.5, 0.6) is 0 Å². The van der Waals surface area contributed by atoms with Gasteiger partial charge in [-0.2, -0.15) is 0 Å². The second-order valence-corrected chi connectivity index (χ2v) is 7.89. The summed E-state index contributed by atoms with van der Waals surface area (Å²) in [4.78, 5) is 27.4. The standard InChI is InChI=1S/C24H18ClNO3/c25-18-12-10-16(11-13-18)20-14-24(20)19-8-4-5-9-21(19)26(23(24)28)15-29-22(27)17-6-2-1-3-7-17/h1-13,20H,14-15H2. The van der Waals surface area contributed by atoms with Crippen molar-refractivity contribution in [1.82, 2.24) is 0 Å². The van der Waals surface area contributed by atoms with Crippen LogP contribution >= 0.6 is 11.6 Å². The minimum atomic E-state index is -0.580. The number of carbonyl (C=O) groups excluding carboxylic acids is 2. The van der Waals surface area contributed by atoms with Crippen LogP contribution in [0, 0.1) is 0 Å². The van der Waals surface area contributed by atoms with Crippen LogP contribution in [0.25, 0.3) is 0 Å². The Labute approximate surface area is 173 Å². The van der Waals surface area contributed by atoms with E-state index >= 15 is 0 Å². The second-order valence-electron chi connectivity index (χ2n) is 7.46. The summed E-state index contributed by atoms with van der Waals surface area (Å²) in [5.41, 5.74) is 2.80. The Morgan fingerprint density at radius 1 is 1.00 bits per heavy atom. The number of carbonyl (C=O) groups is 2. The van der Waals surface area contributed by atoms with E-state index in [1.807, 2.05) is 54.6 Å². The fourth-order valence-corrected chi connectivity index (χ4v) is 4.48. The summed E-state index contributed by atoms with van der Waals surface area (Å²) >= 11 is 6.02. The lowest BCUT2D eigenvalue weighted by molar-refractivity contribution is -0.121. The topological polar surface area (TPSA) is 46.6 Å². The molecular formula is C24H18ClNO3. The molecule has 1 fully saturated rings. The van der Waals surface area contributed by atoms with Gasteiger partial charge < -0.3 is 4.74 Å². The maximum atomic E-state index is 13.5. The van der Waals surface area contributed by atoms with Gasteiger partial charge in [-0.15, -0.1) is 0 Å². The molecule has 1 aliphatic carbocycles. The van der Waals surface area contributed by atoms with Crippen LogP contribution in [0.2, 0.25) is 5.02 Å². The maximum Gasteiger partial charge on any atom is 0.339 e. The third-order valence-corrected chi connectivity index (χ3v) is 6.12. The zero-order valence-corrected chi connectivity index (χ0v) is 16.3. The molecule has 5 rings (SSSR count). The molecule has 2 unspecified atom stereocenters. The van der Waals surface area contributed by atoms with E-state index in [1.165, 1.54) is 0 Å². The van der Waals surface area contributed by atoms with Crippen molar-refractivity contribution in [1.29, 1.82) is 0 Å². The number of benzene rings is 3. The second kappa shape index (κ2) is 6.75. The van der Waals surface area contributed by atoms with Gasteiger partial charge in [-0.05, 0) is 47.9 Å². The smallest absolute Gasteiger partial charge is 0.339 e. The number of hydrogen-bond acceptors (Lipinski definition) is 3. The molecule has 2 atom stereocenters. The summed E-state index contributed by atoms with van der Waals surface area (Å²) in [7, 11) is 0. The molecule has 1 heterocycles. The molecule has 0 radical (unpaired) electrons. The Hall–Kier alpha value is -3.11. The van der Waals surface area contributed by atoms with Crippen LogP contribution < -0.4 is 4.90 Å². The van der Waals surface area contributed by atoms with Gasteiger partial charge in [0.2, 0.25) is 5.91 Å². The predicted octanol–water partition coefficient (Wildman–Crippen LogP) is 4.93. The number of rotatable bonds is 4. The number of halogens is 1. The molecule has 5 heteroatoms. The van der Waals surface area contributed by atoms with Crippen LogP contribution in [0.3, 0.4) is 0 Å². The van der Waals surface area contributed by atoms with E-state index in [0.29, 0.717) is 10.6 Å². The summed E-state index contributed by atoms with van der Waals surface area (Å²) in [5, 5.41) is 0.677. The van der Waals surface area contributed by atoms with Crippen molar-refractivity contribution in [2.45, 2.75) is 17.8 Å². The molecule has 144 valence electrons. The minimum absolute atomic E-state index is 0.0143. The number of nitrogens with zero attached hydrogens (tertiary/aromatic N) is 1. The van der Waals surface area contributed by atoms with E-state index in [4.69, 9.17) is 16.3 Å². The van der Waals surface area contributed by atoms with E-state index in [0.717, 1.165) is 23.2 Å². The van der Waals surface area contributed by atoms with Gasteiger partial charge in [0.1, 0.15) is 0 Å². The van der Waals surface area contributed by atoms with Crippen molar-refractivity contribution in [2.75, 3.05) is 11.6 Å². The zero-order chi connectivity index (χ0) is 20.0. The normalized spacial score (nSPS) is 21.9. The average Bonchev–Trinajstić information content (AvgIpc) is 3.46. The molecule has 2 aliphatic rings. The molecular weight excluding hydrogens is 386 g/mol. The van der Waals surface area contributed by atoms with Crippen LogP contribution in [-0.4, -0.2) is 18.6 Å². The summed E-state index contributed by atoms with van der Waals surface area (Å²) in [6, 6.07) is 24.2. The lowest BCUT2D eigenvalue weighted by atomic mass is 9.92. The van der Waals surface area contributed by atoms with E-state index in [-0.39, 0.29) is 18.6 Å². The highest BCUT2D eigenvalue weighted by Crippen LogP contribution is 2.66. The van der Waals surface area contributed by atoms with Gasteiger partial charge >= 0.3 is 5.97 Å². The Morgan fingerprint density at radius 3 is 2.45 bits per heavy atom. The number of hydrogen-bond donors (Lipinski definition) is 0. The van der Waals surface area contributed by atoms with Crippen molar-refractivity contribution < 1.29 is 14.3 Å². The highest BCUT2D eigenvalue weighted by atomic mass is 35.5. The van der Waals surface area contributed by atoms with Crippen LogP contribution in [0.4, 0.5) is 5.69 Å². The lowest BCUT2D eigenvalue weighted by Gasteiger charge is -2.18. The Bertz CT molecular complexity index is 1100. The third kappa shape index (κ3) is 2.83. The zero-order valence-electron chi connectivity index (χ0n) is 15.5. The SMILES string of the molecule is O=C(OCN1C(=O)C2(CC2c2ccc(Cl)cc2)c2ccccc21)c1ccccc1. The van der Waals surface area contributed by atoms with Gasteiger partial charge in [0.25, 0.3) is 0 Å². The van der Waals surface area contributed by atoms with Gasteiger partial charge in [-0.1, -0.05) is 60.1 Å². The third-order valence-electron chi connectivity index (χ3n) is 5.87. The predicted molar refractivity (Wildman–Crippen MR) is 111 cm³/mol. The first-order valence-corrected chi connectivity index (χ1v) is 9.88. The number of ether oxygens (including phenoxy) is 1. The summed E-state index contributed by atoms with van der Waals surface area (Å²) in [6.07, 6.45) is 0.744. The number of fused-ring (bicyclic) bond motifs is 2. The molecule has 1 saturated carbocycles. The Balaban J connectivity index is 1.41.